The number of carbonyl (C=O) groups is 4. The molecule has 2 saturated carbocycles. The van der Waals surface area contributed by atoms with Crippen molar-refractivity contribution in [1.29, 1.82) is 0 Å². The molecule has 346 valence electrons. The molecule has 0 aromatic carbocycles. The first-order chi connectivity index (χ1) is 29.7. The number of amides is 2. The maximum atomic E-state index is 13.6. The Morgan fingerprint density at radius 2 is 1.10 bits per heavy atom. The van der Waals surface area contributed by atoms with Crippen LogP contribution in [0, 0.1) is 46.3 Å². The van der Waals surface area contributed by atoms with Crippen LogP contribution in [-0.2, 0) is 23.8 Å². The Balaban J connectivity index is 0.000000238. The lowest BCUT2D eigenvalue weighted by atomic mass is 9.82. The van der Waals surface area contributed by atoms with Gasteiger partial charge in [0.2, 0.25) is 0 Å². The largest absolute Gasteiger partial charge is 0.477 e. The Hall–Kier alpha value is -3.76. The summed E-state index contributed by atoms with van der Waals surface area (Å²) in [5, 5.41) is 29.6. The highest BCUT2D eigenvalue weighted by atomic mass is 32.1. The number of ether oxygens (including phenoxy) is 3. The third kappa shape index (κ3) is 13.6. The Morgan fingerprint density at radius 3 is 1.44 bits per heavy atom. The van der Waals surface area contributed by atoms with E-state index in [1.807, 2.05) is 47.6 Å². The zero-order chi connectivity index (χ0) is 46.2. The molecule has 3 N–H and O–H groups in total. The Kier molecular flexibility index (Phi) is 17.5. The number of anilines is 2. The molecule has 2 aromatic rings. The summed E-state index contributed by atoms with van der Waals surface area (Å²) in [6.07, 6.45) is 8.53. The summed E-state index contributed by atoms with van der Waals surface area (Å²) in [5.74, 6) is 11.2. The molecule has 6 atom stereocenters. The van der Waals surface area contributed by atoms with Gasteiger partial charge in [-0.15, -0.1) is 22.7 Å². The molecule has 4 fully saturated rings. The van der Waals surface area contributed by atoms with Crippen LogP contribution in [-0.4, -0.2) is 95.9 Å². The number of carboxylic acid groups (broad SMARTS) is 1. The van der Waals surface area contributed by atoms with Crippen molar-refractivity contribution in [2.45, 2.75) is 169 Å². The first-order valence-corrected chi connectivity index (χ1v) is 24.2. The number of thiophene rings is 2. The smallest absolute Gasteiger partial charge is 0.350 e. The number of methoxy groups -OCH3 is 1. The first kappa shape index (κ1) is 50.2. The van der Waals surface area contributed by atoms with E-state index in [1.165, 1.54) is 31.3 Å². The summed E-state index contributed by atoms with van der Waals surface area (Å²) < 4.78 is 16.9. The fourth-order valence-electron chi connectivity index (χ4n) is 8.78. The number of rotatable bonds is 10. The third-order valence-corrected chi connectivity index (χ3v) is 13.8. The number of hydrogen-bond acceptors (Lipinski definition) is 11. The van der Waals surface area contributed by atoms with Crippen LogP contribution < -0.4 is 9.80 Å². The fraction of sp³-hybridized carbons (Fsp3) is 0.673. The summed E-state index contributed by atoms with van der Waals surface area (Å²) in [4.78, 5) is 57.1. The minimum atomic E-state index is -1.06. The van der Waals surface area contributed by atoms with E-state index >= 15 is 0 Å². The van der Waals surface area contributed by atoms with Crippen LogP contribution in [0.15, 0.2) is 12.1 Å². The SMILES string of the molecule is COC(=O)c1sc(C#CC(C)(C)C)cc1N1C(=O)[C@@H](C[C@H](C)O)OC[C@H]1C1CCCCC1.C[C@H](O)C[C@H]1OC[C@@H](C2CCCCC2)N(c2cc(C#CC(C)(C)C)sc2C(=O)O)C1=O. The zero-order valence-electron chi connectivity index (χ0n) is 38.6. The molecule has 6 rings (SSSR count). The second-order valence-corrected chi connectivity index (χ2v) is 21.7. The number of morpholine rings is 2. The van der Waals surface area contributed by atoms with Crippen LogP contribution in [0.4, 0.5) is 11.4 Å². The van der Waals surface area contributed by atoms with Crippen LogP contribution in [0.5, 0.6) is 0 Å². The van der Waals surface area contributed by atoms with Crippen molar-refractivity contribution >= 4 is 57.8 Å². The molecular weight excluding hydrogens is 841 g/mol. The van der Waals surface area contributed by atoms with Gasteiger partial charge in [0, 0.05) is 23.7 Å². The van der Waals surface area contributed by atoms with E-state index < -0.39 is 36.4 Å². The molecule has 63 heavy (non-hydrogen) atoms. The lowest BCUT2D eigenvalue weighted by Crippen LogP contribution is -2.57. The Labute approximate surface area is 382 Å². The van der Waals surface area contributed by atoms with Gasteiger partial charge in [-0.1, -0.05) is 62.2 Å². The second kappa shape index (κ2) is 21.9. The summed E-state index contributed by atoms with van der Waals surface area (Å²) in [6, 6.07) is 3.24. The van der Waals surface area contributed by atoms with Crippen molar-refractivity contribution in [3.63, 3.8) is 0 Å². The van der Waals surface area contributed by atoms with Crippen LogP contribution >= 0.6 is 22.7 Å². The van der Waals surface area contributed by atoms with Gasteiger partial charge in [-0.3, -0.25) is 9.59 Å². The monoisotopic (exact) mass is 908 g/mol. The average Bonchev–Trinajstić information content (AvgIpc) is 3.85. The van der Waals surface area contributed by atoms with Gasteiger partial charge in [0.1, 0.15) is 22.0 Å². The van der Waals surface area contributed by atoms with Gasteiger partial charge >= 0.3 is 11.9 Å². The Morgan fingerprint density at radius 1 is 0.714 bits per heavy atom. The molecule has 2 saturated heterocycles. The molecule has 4 aliphatic rings. The second-order valence-electron chi connectivity index (χ2n) is 19.6. The molecule has 12 nitrogen and oxygen atoms in total. The van der Waals surface area contributed by atoms with Crippen LogP contribution in [0.2, 0.25) is 0 Å². The van der Waals surface area contributed by atoms with Crippen LogP contribution in [0.25, 0.3) is 0 Å². The summed E-state index contributed by atoms with van der Waals surface area (Å²) in [5.41, 5.74) is 0.571. The van der Waals surface area contributed by atoms with E-state index in [0.29, 0.717) is 40.3 Å². The fourth-order valence-corrected chi connectivity index (χ4v) is 10.5. The predicted molar refractivity (Wildman–Crippen MR) is 247 cm³/mol. The molecule has 0 spiro atoms. The van der Waals surface area contributed by atoms with Gasteiger partial charge < -0.3 is 39.3 Å². The minimum absolute atomic E-state index is 0.130. The average molecular weight is 909 g/mol. The van der Waals surface area contributed by atoms with E-state index in [9.17, 15) is 34.5 Å². The summed E-state index contributed by atoms with van der Waals surface area (Å²) >= 11 is 2.37. The van der Waals surface area contributed by atoms with Crippen molar-refractivity contribution in [1.82, 2.24) is 0 Å². The number of carboxylic acids is 1. The molecule has 0 unspecified atom stereocenters. The summed E-state index contributed by atoms with van der Waals surface area (Å²) in [7, 11) is 1.35. The molecule has 2 amide bonds. The van der Waals surface area contributed by atoms with E-state index in [4.69, 9.17) is 14.2 Å². The van der Waals surface area contributed by atoms with Gasteiger partial charge in [-0.2, -0.15) is 0 Å². The molecule has 2 aromatic heterocycles. The van der Waals surface area contributed by atoms with Crippen molar-refractivity contribution in [2.75, 3.05) is 30.1 Å². The van der Waals surface area contributed by atoms with Gasteiger partial charge in [0.05, 0.1) is 65.7 Å². The molecule has 0 radical (unpaired) electrons. The quantitative estimate of drug-likeness (QED) is 0.155. The van der Waals surface area contributed by atoms with Crippen molar-refractivity contribution in [3.8, 4) is 23.7 Å². The van der Waals surface area contributed by atoms with Crippen LogP contribution in [0.3, 0.4) is 0 Å². The maximum absolute atomic E-state index is 13.6. The molecule has 4 heterocycles. The molecule has 2 aliphatic heterocycles. The topological polar surface area (TPSA) is 163 Å². The number of nitrogens with zero attached hydrogens (tertiary/aromatic N) is 2. The number of esters is 1. The number of carbonyl (C=O) groups excluding carboxylic acids is 3. The van der Waals surface area contributed by atoms with Gasteiger partial charge in [0.15, 0.2) is 0 Å². The number of aliphatic hydroxyl groups is 2. The predicted octanol–water partition coefficient (Wildman–Crippen LogP) is 8.68. The van der Waals surface area contributed by atoms with E-state index in [-0.39, 0.29) is 58.4 Å². The van der Waals surface area contributed by atoms with Crippen molar-refractivity contribution in [3.05, 3.63) is 31.6 Å². The van der Waals surface area contributed by atoms with E-state index in [1.54, 1.807) is 29.7 Å². The molecular formula is C49H68N2O10S2. The molecule has 0 bridgehead atoms. The van der Waals surface area contributed by atoms with E-state index in [2.05, 4.69) is 23.7 Å². The third-order valence-electron chi connectivity index (χ3n) is 11.8. The van der Waals surface area contributed by atoms with Gasteiger partial charge in [0.25, 0.3) is 11.8 Å². The van der Waals surface area contributed by atoms with E-state index in [0.717, 1.165) is 67.6 Å². The van der Waals surface area contributed by atoms with Crippen molar-refractivity contribution < 1.29 is 48.7 Å². The lowest BCUT2D eigenvalue weighted by Gasteiger charge is -2.44. The highest BCUT2D eigenvalue weighted by Gasteiger charge is 2.45. The van der Waals surface area contributed by atoms with Crippen molar-refractivity contribution in [2.24, 2.45) is 22.7 Å². The highest BCUT2D eigenvalue weighted by Crippen LogP contribution is 2.41. The van der Waals surface area contributed by atoms with Crippen LogP contribution in [0.1, 0.15) is 162 Å². The first-order valence-electron chi connectivity index (χ1n) is 22.6. The standard InChI is InChI=1S/C25H35NO5S.C24H33NO5S/c1-16(27)13-21-23(28)26(20(15-31-21)17-9-7-6-8-10-17)19-14-18(11-12-25(2,3)4)32-22(19)24(29)30-5;1-15(26)12-20-22(27)25(19(14-30-20)16-8-6-5-7-9-16)18-13-17(10-11-24(2,3)4)31-21(18)23(28)29/h14,16-17,20-21,27H,6-10,13,15H2,1-5H3;13,15-16,19-20,26H,5-9,12,14H2,1-4H3,(H,28,29)/t16-,20-,21+;15-,19-,20+/m00/s1. The summed E-state index contributed by atoms with van der Waals surface area (Å²) in [6.45, 7) is 16.1. The number of hydrogen-bond donors (Lipinski definition) is 3. The number of aromatic carboxylic acids is 1. The zero-order valence-corrected chi connectivity index (χ0v) is 40.2. The normalized spacial score (nSPS) is 23.7. The molecule has 14 heteroatoms. The Bertz CT molecular complexity index is 2040. The minimum Gasteiger partial charge on any atom is -0.477 e. The highest BCUT2D eigenvalue weighted by molar-refractivity contribution is 7.15. The molecule has 2 aliphatic carbocycles. The van der Waals surface area contributed by atoms with Gasteiger partial charge in [-0.25, -0.2) is 9.59 Å². The van der Waals surface area contributed by atoms with Gasteiger partial charge in [-0.05, 0) is 105 Å². The number of aliphatic hydroxyl groups excluding tert-OH is 2. The lowest BCUT2D eigenvalue weighted by molar-refractivity contribution is -0.140. The maximum Gasteiger partial charge on any atom is 0.350 e.